The Morgan fingerprint density at radius 3 is 2.50 bits per heavy atom. The highest BCUT2D eigenvalue weighted by Gasteiger charge is 1.90. The highest BCUT2D eigenvalue weighted by molar-refractivity contribution is 5.22. The van der Waals surface area contributed by atoms with Crippen molar-refractivity contribution in [2.24, 2.45) is 10.9 Å². The second-order valence-electron chi connectivity index (χ2n) is 2.48. The first-order valence-corrected chi connectivity index (χ1v) is 3.20. The molecule has 0 saturated heterocycles. The molecule has 0 rings (SSSR count). The van der Waals surface area contributed by atoms with Gasteiger partial charge in [0.2, 0.25) is 0 Å². The Morgan fingerprint density at radius 2 is 2.12 bits per heavy atom. The minimum absolute atomic E-state index is 0.816. The minimum Gasteiger partial charge on any atom is -0.301 e. The van der Waals surface area contributed by atoms with Gasteiger partial charge in [-0.05, 0) is 25.5 Å². The number of rotatable bonds is 4. The highest BCUT2D eigenvalue weighted by atomic mass is 14.7. The maximum absolute atomic E-state index is 3.76. The minimum atomic E-state index is 0.816. The third-order valence-corrected chi connectivity index (χ3v) is 1.10. The Morgan fingerprint density at radius 1 is 1.50 bits per heavy atom. The van der Waals surface area contributed by atoms with Crippen LogP contribution in [0.15, 0.2) is 4.99 Å². The molecule has 0 atom stereocenters. The predicted molar refractivity (Wildman–Crippen MR) is 38.5 cm³/mol. The van der Waals surface area contributed by atoms with Crippen LogP contribution in [-0.2, 0) is 0 Å². The molecule has 0 aliphatic carbocycles. The molecule has 0 saturated carbocycles. The van der Waals surface area contributed by atoms with Gasteiger partial charge in [-0.1, -0.05) is 13.8 Å². The van der Waals surface area contributed by atoms with Crippen LogP contribution in [0.2, 0.25) is 0 Å². The Balaban J connectivity index is 2.81. The molecule has 0 fully saturated rings. The van der Waals surface area contributed by atoms with Crippen LogP contribution in [0.5, 0.6) is 0 Å². The molecule has 0 N–H and O–H groups in total. The third-order valence-electron chi connectivity index (χ3n) is 1.10. The van der Waals surface area contributed by atoms with Crippen molar-refractivity contribution >= 4 is 6.72 Å². The summed E-state index contributed by atoms with van der Waals surface area (Å²) in [7, 11) is 0. The molecule has 0 unspecified atom stereocenters. The van der Waals surface area contributed by atoms with Crippen molar-refractivity contribution in [1.29, 1.82) is 0 Å². The molecule has 1 nitrogen and oxygen atoms in total. The van der Waals surface area contributed by atoms with Crippen LogP contribution in [0.25, 0.3) is 0 Å². The molecule has 0 bridgehead atoms. The van der Waals surface area contributed by atoms with E-state index >= 15 is 0 Å². The molecule has 8 heavy (non-hydrogen) atoms. The van der Waals surface area contributed by atoms with Crippen LogP contribution in [-0.4, -0.2) is 13.3 Å². The fourth-order valence-corrected chi connectivity index (χ4v) is 0.611. The molecule has 0 spiro atoms. The lowest BCUT2D eigenvalue weighted by atomic mass is 10.1. The highest BCUT2D eigenvalue weighted by Crippen LogP contribution is 2.02. The lowest BCUT2D eigenvalue weighted by Crippen LogP contribution is -1.88. The fraction of sp³-hybridized carbons (Fsp3) is 0.857. The summed E-state index contributed by atoms with van der Waals surface area (Å²) < 4.78 is 0. The summed E-state index contributed by atoms with van der Waals surface area (Å²) in [6.45, 7) is 8.79. The summed E-state index contributed by atoms with van der Waals surface area (Å²) in [5.74, 6) is 0.816. The van der Waals surface area contributed by atoms with Gasteiger partial charge in [-0.2, -0.15) is 0 Å². The van der Waals surface area contributed by atoms with E-state index in [1.165, 1.54) is 12.8 Å². The van der Waals surface area contributed by atoms with Gasteiger partial charge in [0.1, 0.15) is 0 Å². The van der Waals surface area contributed by atoms with Gasteiger partial charge in [-0.15, -0.1) is 0 Å². The quantitative estimate of drug-likeness (QED) is 0.391. The van der Waals surface area contributed by atoms with Crippen LogP contribution in [0, 0.1) is 5.92 Å². The third kappa shape index (κ3) is 5.67. The monoisotopic (exact) mass is 113 g/mol. The zero-order chi connectivity index (χ0) is 6.41. The first-order chi connectivity index (χ1) is 3.77. The standard InChI is InChI=1S/C7H15N/c1-7(2)5-4-6-8-3/h7H,3-6H2,1-2H3. The first-order valence-electron chi connectivity index (χ1n) is 3.20. The summed E-state index contributed by atoms with van der Waals surface area (Å²) in [6.07, 6.45) is 2.47. The van der Waals surface area contributed by atoms with Crippen LogP contribution in [0.4, 0.5) is 0 Å². The van der Waals surface area contributed by atoms with Gasteiger partial charge in [-0.25, -0.2) is 0 Å². The maximum Gasteiger partial charge on any atom is 0.0382 e. The van der Waals surface area contributed by atoms with Gasteiger partial charge < -0.3 is 4.99 Å². The molecule has 0 radical (unpaired) electrons. The van der Waals surface area contributed by atoms with Crippen LogP contribution < -0.4 is 0 Å². The molecule has 0 aromatic heterocycles. The van der Waals surface area contributed by atoms with Crippen molar-refractivity contribution < 1.29 is 0 Å². The van der Waals surface area contributed by atoms with E-state index in [9.17, 15) is 0 Å². The second-order valence-corrected chi connectivity index (χ2v) is 2.48. The zero-order valence-corrected chi connectivity index (χ0v) is 5.85. The van der Waals surface area contributed by atoms with Crippen molar-refractivity contribution in [3.05, 3.63) is 0 Å². The van der Waals surface area contributed by atoms with Gasteiger partial charge in [0.05, 0.1) is 0 Å². The predicted octanol–water partition coefficient (Wildman–Crippen LogP) is 2.12. The van der Waals surface area contributed by atoms with Gasteiger partial charge in [-0.3, -0.25) is 0 Å². The van der Waals surface area contributed by atoms with E-state index in [-0.39, 0.29) is 0 Å². The summed E-state index contributed by atoms with van der Waals surface area (Å²) in [5.41, 5.74) is 0. The van der Waals surface area contributed by atoms with Crippen LogP contribution in [0.1, 0.15) is 26.7 Å². The average Bonchev–Trinajstić information content (AvgIpc) is 1.66. The molecule has 0 aromatic rings. The van der Waals surface area contributed by atoms with Gasteiger partial charge in [0.25, 0.3) is 0 Å². The average molecular weight is 113 g/mol. The zero-order valence-electron chi connectivity index (χ0n) is 5.85. The van der Waals surface area contributed by atoms with E-state index in [0.29, 0.717) is 0 Å². The Labute approximate surface area is 51.8 Å². The summed E-state index contributed by atoms with van der Waals surface area (Å²) in [4.78, 5) is 3.76. The van der Waals surface area contributed by atoms with Crippen molar-refractivity contribution in [2.75, 3.05) is 6.54 Å². The van der Waals surface area contributed by atoms with Crippen LogP contribution in [0.3, 0.4) is 0 Å². The second kappa shape index (κ2) is 4.82. The largest absolute Gasteiger partial charge is 0.301 e. The van der Waals surface area contributed by atoms with Crippen LogP contribution >= 0.6 is 0 Å². The molecule has 0 heterocycles. The van der Waals surface area contributed by atoms with Crippen molar-refractivity contribution in [2.45, 2.75) is 26.7 Å². The van der Waals surface area contributed by atoms with E-state index in [0.717, 1.165) is 12.5 Å². The molecule has 0 aliphatic rings. The first kappa shape index (κ1) is 7.67. The summed E-state index contributed by atoms with van der Waals surface area (Å²) in [5, 5.41) is 0. The lowest BCUT2D eigenvalue weighted by Gasteiger charge is -1.99. The normalized spacial score (nSPS) is 9.88. The van der Waals surface area contributed by atoms with E-state index in [1.54, 1.807) is 0 Å². The number of hydrogen-bond donors (Lipinski definition) is 0. The van der Waals surface area contributed by atoms with Crippen molar-refractivity contribution in [3.63, 3.8) is 0 Å². The molecular formula is C7H15N. The molecule has 0 aromatic carbocycles. The van der Waals surface area contributed by atoms with Crippen molar-refractivity contribution in [1.82, 2.24) is 0 Å². The fourth-order valence-electron chi connectivity index (χ4n) is 0.611. The maximum atomic E-state index is 3.76. The lowest BCUT2D eigenvalue weighted by molar-refractivity contribution is 0.562. The van der Waals surface area contributed by atoms with E-state index in [4.69, 9.17) is 0 Å². The molecule has 0 aliphatic heterocycles. The summed E-state index contributed by atoms with van der Waals surface area (Å²) >= 11 is 0. The Kier molecular flexibility index (Phi) is 4.62. The number of hydrogen-bond acceptors (Lipinski definition) is 1. The molecular weight excluding hydrogens is 98.1 g/mol. The SMILES string of the molecule is C=NCCCC(C)C. The van der Waals surface area contributed by atoms with Gasteiger partial charge >= 0.3 is 0 Å². The molecule has 0 amide bonds. The number of aliphatic imine (C=N–C) groups is 1. The topological polar surface area (TPSA) is 12.4 Å². The summed E-state index contributed by atoms with van der Waals surface area (Å²) in [6, 6.07) is 0. The molecule has 48 valence electrons. The Hall–Kier alpha value is -0.330. The molecule has 1 heteroatoms. The van der Waals surface area contributed by atoms with E-state index in [2.05, 4.69) is 25.6 Å². The van der Waals surface area contributed by atoms with E-state index < -0.39 is 0 Å². The Bertz CT molecular complexity index is 57.4. The smallest absolute Gasteiger partial charge is 0.0382 e. The van der Waals surface area contributed by atoms with Gasteiger partial charge in [0, 0.05) is 6.54 Å². The van der Waals surface area contributed by atoms with E-state index in [1.807, 2.05) is 0 Å². The number of nitrogens with zero attached hydrogens (tertiary/aromatic N) is 1. The van der Waals surface area contributed by atoms with Crippen molar-refractivity contribution in [3.8, 4) is 0 Å². The van der Waals surface area contributed by atoms with Gasteiger partial charge in [0.15, 0.2) is 0 Å².